The summed E-state index contributed by atoms with van der Waals surface area (Å²) < 4.78 is 5.88. The predicted octanol–water partition coefficient (Wildman–Crippen LogP) is 2.81. The fraction of sp³-hybridized carbons (Fsp3) is 0.688. The fourth-order valence-electron chi connectivity index (χ4n) is 4.40. The molecular weight excluding hydrogens is 284 g/mol. The molecule has 114 valence electrons. The van der Waals surface area contributed by atoms with E-state index in [0.29, 0.717) is 24.6 Å². The molecular formula is C16H22N2O2S. The summed E-state index contributed by atoms with van der Waals surface area (Å²) in [5.74, 6) is 0.542. The van der Waals surface area contributed by atoms with Crippen molar-refractivity contribution >= 4 is 17.4 Å². The van der Waals surface area contributed by atoms with Crippen molar-refractivity contribution in [2.24, 2.45) is 11.3 Å². The van der Waals surface area contributed by atoms with E-state index in [9.17, 15) is 4.79 Å². The van der Waals surface area contributed by atoms with Crippen molar-refractivity contribution < 1.29 is 9.53 Å². The van der Waals surface area contributed by atoms with Gasteiger partial charge in [0.2, 0.25) is 0 Å². The number of hydrogen-bond donors (Lipinski definition) is 2. The first-order chi connectivity index (χ1) is 10.2. The van der Waals surface area contributed by atoms with Crippen LogP contribution < -0.4 is 10.6 Å². The van der Waals surface area contributed by atoms with E-state index in [1.807, 2.05) is 0 Å². The van der Waals surface area contributed by atoms with E-state index >= 15 is 0 Å². The van der Waals surface area contributed by atoms with Gasteiger partial charge in [-0.15, -0.1) is 11.3 Å². The van der Waals surface area contributed by atoms with Crippen LogP contribution >= 0.6 is 11.3 Å². The Kier molecular flexibility index (Phi) is 3.23. The summed E-state index contributed by atoms with van der Waals surface area (Å²) in [6.07, 6.45) is 5.21. The summed E-state index contributed by atoms with van der Waals surface area (Å²) in [6.45, 7) is 3.57. The molecule has 0 radical (unpaired) electrons. The molecule has 2 N–H and O–H groups in total. The third-order valence-corrected chi connectivity index (χ3v) is 6.54. The second-order valence-electron chi connectivity index (χ2n) is 6.65. The molecule has 2 amide bonds. The Morgan fingerprint density at radius 3 is 3.00 bits per heavy atom. The van der Waals surface area contributed by atoms with Crippen LogP contribution in [0.1, 0.15) is 35.4 Å². The van der Waals surface area contributed by atoms with E-state index in [0.717, 1.165) is 13.0 Å². The molecule has 3 aliphatic rings. The maximum absolute atomic E-state index is 12.2. The normalized spacial score (nSPS) is 32.1. The summed E-state index contributed by atoms with van der Waals surface area (Å²) in [5, 5.41) is 6.23. The van der Waals surface area contributed by atoms with Crippen molar-refractivity contribution in [2.75, 3.05) is 6.61 Å². The Morgan fingerprint density at radius 2 is 2.33 bits per heavy atom. The lowest BCUT2D eigenvalue weighted by Gasteiger charge is -2.63. The zero-order valence-electron chi connectivity index (χ0n) is 12.4. The summed E-state index contributed by atoms with van der Waals surface area (Å²) >= 11 is 1.74. The average molecular weight is 306 g/mol. The van der Waals surface area contributed by atoms with Crippen LogP contribution in [0.15, 0.2) is 12.1 Å². The molecule has 1 aromatic rings. The molecule has 5 heteroatoms. The van der Waals surface area contributed by atoms with Crippen LogP contribution in [0.3, 0.4) is 0 Å². The average Bonchev–Trinajstić information content (AvgIpc) is 3.00. The highest BCUT2D eigenvalue weighted by Crippen LogP contribution is 2.62. The largest absolute Gasteiger partial charge is 0.377 e. The number of rotatable bonds is 3. The molecule has 1 aromatic heterocycles. The molecule has 3 fully saturated rings. The number of carbonyl (C=O) groups excluding carboxylic acids is 1. The van der Waals surface area contributed by atoms with Gasteiger partial charge in [0.1, 0.15) is 0 Å². The summed E-state index contributed by atoms with van der Waals surface area (Å²) in [4.78, 5) is 14.7. The first kappa shape index (κ1) is 13.6. The number of urea groups is 1. The van der Waals surface area contributed by atoms with Crippen LogP contribution in [0.2, 0.25) is 0 Å². The van der Waals surface area contributed by atoms with Crippen molar-refractivity contribution in [2.45, 2.75) is 51.3 Å². The predicted molar refractivity (Wildman–Crippen MR) is 82.3 cm³/mol. The zero-order chi connectivity index (χ0) is 14.4. The van der Waals surface area contributed by atoms with Gasteiger partial charge in [0, 0.05) is 33.7 Å². The monoisotopic (exact) mass is 306 g/mol. The van der Waals surface area contributed by atoms with Gasteiger partial charge in [-0.05, 0) is 38.3 Å². The van der Waals surface area contributed by atoms with Crippen LogP contribution in [-0.4, -0.2) is 24.8 Å². The quantitative estimate of drug-likeness (QED) is 0.902. The second-order valence-corrected chi connectivity index (χ2v) is 8.02. The molecule has 1 saturated heterocycles. The third kappa shape index (κ3) is 2.09. The Balaban J connectivity index is 1.34. The van der Waals surface area contributed by atoms with Gasteiger partial charge in [-0.3, -0.25) is 0 Å². The molecule has 3 atom stereocenters. The highest BCUT2D eigenvalue weighted by atomic mass is 32.1. The highest BCUT2D eigenvalue weighted by molar-refractivity contribution is 7.11. The number of aryl methyl sites for hydroxylation is 1. The topological polar surface area (TPSA) is 50.4 Å². The number of thiophene rings is 1. The molecule has 1 aliphatic heterocycles. The van der Waals surface area contributed by atoms with E-state index < -0.39 is 0 Å². The van der Waals surface area contributed by atoms with Crippen LogP contribution in [0.5, 0.6) is 0 Å². The Hall–Kier alpha value is -1.07. The van der Waals surface area contributed by atoms with Crippen LogP contribution in [0.4, 0.5) is 4.79 Å². The number of ether oxygens (including phenoxy) is 1. The first-order valence-electron chi connectivity index (χ1n) is 7.90. The highest BCUT2D eigenvalue weighted by Gasteiger charge is 2.66. The molecule has 4 nitrogen and oxygen atoms in total. The van der Waals surface area contributed by atoms with Crippen molar-refractivity contribution in [3.8, 4) is 0 Å². The number of nitrogens with one attached hydrogen (secondary N) is 2. The van der Waals surface area contributed by atoms with Crippen LogP contribution in [0, 0.1) is 18.3 Å². The van der Waals surface area contributed by atoms with Gasteiger partial charge < -0.3 is 15.4 Å². The van der Waals surface area contributed by atoms with E-state index in [-0.39, 0.29) is 11.4 Å². The number of amides is 2. The smallest absolute Gasteiger partial charge is 0.315 e. The standard InChI is InChI=1S/C16H22N2O2S/c1-10-3-4-11(21-10)9-17-15(19)18-13-12-5-8-20-14(12)16(13)6-2-7-16/h3-4,12-14H,2,5-9H2,1H3,(H2,17,18,19)/t12-,13-,14-/m1/s1. The van der Waals surface area contributed by atoms with E-state index in [1.165, 1.54) is 29.0 Å². The lowest BCUT2D eigenvalue weighted by atomic mass is 9.46. The minimum absolute atomic E-state index is 0.0253. The van der Waals surface area contributed by atoms with E-state index in [1.54, 1.807) is 11.3 Å². The van der Waals surface area contributed by atoms with E-state index in [2.05, 4.69) is 29.7 Å². The molecule has 2 heterocycles. The fourth-order valence-corrected chi connectivity index (χ4v) is 5.23. The minimum atomic E-state index is -0.0253. The summed E-state index contributed by atoms with van der Waals surface area (Å²) in [5.41, 5.74) is 0.262. The number of hydrogen-bond acceptors (Lipinski definition) is 3. The van der Waals surface area contributed by atoms with Gasteiger partial charge in [-0.1, -0.05) is 6.42 Å². The Morgan fingerprint density at radius 1 is 1.48 bits per heavy atom. The molecule has 2 aliphatic carbocycles. The molecule has 2 saturated carbocycles. The number of fused-ring (bicyclic) bond motifs is 2. The summed E-state index contributed by atoms with van der Waals surface area (Å²) in [7, 11) is 0. The Bertz CT molecular complexity index is 552. The Labute approximate surface area is 129 Å². The number of carbonyl (C=O) groups is 1. The van der Waals surface area contributed by atoms with Gasteiger partial charge in [0.25, 0.3) is 0 Å². The molecule has 0 bridgehead atoms. The lowest BCUT2D eigenvalue weighted by molar-refractivity contribution is -0.172. The van der Waals surface area contributed by atoms with E-state index in [4.69, 9.17) is 4.74 Å². The maximum Gasteiger partial charge on any atom is 0.315 e. The van der Waals surface area contributed by atoms with Crippen molar-refractivity contribution in [1.82, 2.24) is 10.6 Å². The van der Waals surface area contributed by atoms with Crippen LogP contribution in [0.25, 0.3) is 0 Å². The second kappa shape index (κ2) is 4.99. The van der Waals surface area contributed by atoms with Gasteiger partial charge >= 0.3 is 6.03 Å². The third-order valence-electron chi connectivity index (χ3n) is 5.54. The maximum atomic E-state index is 12.2. The minimum Gasteiger partial charge on any atom is -0.377 e. The van der Waals surface area contributed by atoms with Crippen LogP contribution in [-0.2, 0) is 11.3 Å². The lowest BCUT2D eigenvalue weighted by Crippen LogP contribution is -2.72. The van der Waals surface area contributed by atoms with Gasteiger partial charge in [0.15, 0.2) is 0 Å². The first-order valence-corrected chi connectivity index (χ1v) is 8.72. The zero-order valence-corrected chi connectivity index (χ0v) is 13.2. The van der Waals surface area contributed by atoms with Crippen molar-refractivity contribution in [3.63, 3.8) is 0 Å². The molecule has 4 rings (SSSR count). The molecule has 0 unspecified atom stereocenters. The van der Waals surface area contributed by atoms with Crippen molar-refractivity contribution in [1.29, 1.82) is 0 Å². The van der Waals surface area contributed by atoms with Crippen molar-refractivity contribution in [3.05, 3.63) is 21.9 Å². The van der Waals surface area contributed by atoms with Gasteiger partial charge in [-0.2, -0.15) is 0 Å². The SMILES string of the molecule is Cc1ccc(CNC(=O)N[C@@H]2[C@H]3CCO[C@H]3C23CCC3)s1. The summed E-state index contributed by atoms with van der Waals surface area (Å²) in [6, 6.07) is 4.47. The molecule has 21 heavy (non-hydrogen) atoms. The van der Waals surface area contributed by atoms with Gasteiger partial charge in [0.05, 0.1) is 12.6 Å². The molecule has 1 spiro atoms. The molecule has 0 aromatic carbocycles. The van der Waals surface area contributed by atoms with Gasteiger partial charge in [-0.25, -0.2) is 4.79 Å².